The van der Waals surface area contributed by atoms with Crippen LogP contribution in [0.1, 0.15) is 23.1 Å². The molecule has 4 rings (SSSR count). The average molecular weight is 356 g/mol. The van der Waals surface area contributed by atoms with Crippen LogP contribution in [-0.4, -0.2) is 4.98 Å². The Kier molecular flexibility index (Phi) is 4.03. The van der Waals surface area contributed by atoms with E-state index in [0.717, 1.165) is 36.2 Å². The van der Waals surface area contributed by atoms with Crippen LogP contribution in [0.15, 0.2) is 59.2 Å². The molecule has 1 aliphatic carbocycles. The van der Waals surface area contributed by atoms with Gasteiger partial charge in [0.1, 0.15) is 0 Å². The molecule has 6 heteroatoms. The van der Waals surface area contributed by atoms with Gasteiger partial charge in [-0.1, -0.05) is 36.4 Å². The number of nitrogens with one attached hydrogen (secondary N) is 1. The first-order valence-corrected chi connectivity index (χ1v) is 8.19. The lowest BCUT2D eigenvalue weighted by Crippen LogP contribution is -2.03. The number of alkyl halides is 3. The molecule has 0 bridgehead atoms. The Labute approximate surface area is 148 Å². The van der Waals surface area contributed by atoms with E-state index in [2.05, 4.69) is 28.5 Å². The quantitative estimate of drug-likeness (QED) is 0.619. The maximum atomic E-state index is 12.7. The van der Waals surface area contributed by atoms with E-state index in [4.69, 9.17) is 4.42 Å². The summed E-state index contributed by atoms with van der Waals surface area (Å²) >= 11 is 0. The highest BCUT2D eigenvalue weighted by molar-refractivity contribution is 5.73. The molecule has 2 aromatic carbocycles. The normalized spacial score (nSPS) is 13.5. The molecule has 3 nitrogen and oxygen atoms in total. The number of fused-ring (bicyclic) bond motifs is 1. The fraction of sp³-hybridized carbons (Fsp3) is 0.150. The van der Waals surface area contributed by atoms with Gasteiger partial charge in [-0.3, -0.25) is 0 Å². The summed E-state index contributed by atoms with van der Waals surface area (Å²) < 4.78 is 43.6. The van der Waals surface area contributed by atoms with E-state index in [9.17, 15) is 13.2 Å². The average Bonchev–Trinajstić information content (AvgIpc) is 3.10. The molecular formula is C20H15F3N2O. The van der Waals surface area contributed by atoms with Crippen LogP contribution in [0.4, 0.5) is 24.9 Å². The van der Waals surface area contributed by atoms with Crippen LogP contribution < -0.4 is 5.32 Å². The molecule has 0 saturated heterocycles. The minimum Gasteiger partial charge on any atom is -0.423 e. The number of benzene rings is 2. The van der Waals surface area contributed by atoms with Crippen molar-refractivity contribution < 1.29 is 17.6 Å². The van der Waals surface area contributed by atoms with Crippen molar-refractivity contribution in [3.63, 3.8) is 0 Å². The van der Waals surface area contributed by atoms with Crippen molar-refractivity contribution in [2.24, 2.45) is 0 Å². The fourth-order valence-electron chi connectivity index (χ4n) is 2.98. The number of anilines is 2. The van der Waals surface area contributed by atoms with Crippen LogP contribution in [0, 0.1) is 0 Å². The van der Waals surface area contributed by atoms with Crippen LogP contribution >= 0.6 is 0 Å². The Morgan fingerprint density at radius 2 is 1.85 bits per heavy atom. The molecule has 3 aromatic rings. The van der Waals surface area contributed by atoms with Crippen molar-refractivity contribution in [1.29, 1.82) is 0 Å². The number of hydrogen-bond donors (Lipinski definition) is 1. The van der Waals surface area contributed by atoms with E-state index in [1.807, 2.05) is 12.1 Å². The minimum absolute atomic E-state index is 0.298. The van der Waals surface area contributed by atoms with Gasteiger partial charge < -0.3 is 9.73 Å². The molecule has 0 spiro atoms. The number of nitrogens with zero attached hydrogens (tertiary/aromatic N) is 1. The Morgan fingerprint density at radius 3 is 2.62 bits per heavy atom. The summed E-state index contributed by atoms with van der Waals surface area (Å²) in [6.07, 6.45) is 3.34. The molecule has 0 fully saturated rings. The summed E-state index contributed by atoms with van der Waals surface area (Å²) in [4.78, 5) is 4.18. The Morgan fingerprint density at radius 1 is 1.04 bits per heavy atom. The highest BCUT2D eigenvalue weighted by Gasteiger charge is 2.30. The largest absolute Gasteiger partial charge is 0.423 e. The summed E-state index contributed by atoms with van der Waals surface area (Å²) in [5.74, 6) is 0.404. The first-order chi connectivity index (χ1) is 12.5. The van der Waals surface area contributed by atoms with Crippen LogP contribution in [0.2, 0.25) is 0 Å². The van der Waals surface area contributed by atoms with Crippen LogP contribution in [0.25, 0.3) is 17.4 Å². The number of allylic oxidation sites excluding steroid dienone is 1. The fourth-order valence-corrected chi connectivity index (χ4v) is 2.98. The molecule has 1 aliphatic rings. The summed E-state index contributed by atoms with van der Waals surface area (Å²) in [6, 6.07) is 11.1. The van der Waals surface area contributed by atoms with Crippen molar-refractivity contribution in [2.75, 3.05) is 5.32 Å². The molecule has 1 aromatic heterocycles. The number of rotatable bonds is 3. The standard InChI is InChI=1S/C20H15F3N2O/c21-20(22,23)15-10-8-14(9-11-15)18-12-24-19(26-18)25-17-7-3-5-13-4-1-2-6-16(13)17/h2-3,5-12H,1,4H2,(H,24,25). The second kappa shape index (κ2) is 6.37. The van der Waals surface area contributed by atoms with Gasteiger partial charge in [-0.15, -0.1) is 0 Å². The van der Waals surface area contributed by atoms with Gasteiger partial charge in [0, 0.05) is 16.8 Å². The highest BCUT2D eigenvalue weighted by atomic mass is 19.4. The molecule has 1 heterocycles. The predicted octanol–water partition coefficient (Wildman–Crippen LogP) is 6.06. The molecule has 0 aliphatic heterocycles. The van der Waals surface area contributed by atoms with Crippen molar-refractivity contribution in [3.05, 3.63) is 71.4 Å². The predicted molar refractivity (Wildman–Crippen MR) is 94.0 cm³/mol. The van der Waals surface area contributed by atoms with E-state index in [1.54, 1.807) is 0 Å². The molecule has 0 amide bonds. The molecule has 132 valence electrons. The number of oxazole rings is 1. The SMILES string of the molecule is FC(F)(F)c1ccc(-c2cnc(Nc3cccc4c3C=CCC4)o2)cc1. The number of hydrogen-bond acceptors (Lipinski definition) is 3. The van der Waals surface area contributed by atoms with Gasteiger partial charge in [0.15, 0.2) is 5.76 Å². The lowest BCUT2D eigenvalue weighted by atomic mass is 9.96. The molecule has 0 saturated carbocycles. The van der Waals surface area contributed by atoms with Crippen molar-refractivity contribution >= 4 is 17.8 Å². The zero-order valence-corrected chi connectivity index (χ0v) is 13.7. The third-order valence-electron chi connectivity index (χ3n) is 4.31. The lowest BCUT2D eigenvalue weighted by Gasteiger charge is -2.14. The summed E-state index contributed by atoms with van der Waals surface area (Å²) in [5.41, 5.74) is 3.09. The van der Waals surface area contributed by atoms with Gasteiger partial charge in [-0.2, -0.15) is 13.2 Å². The highest BCUT2D eigenvalue weighted by Crippen LogP contribution is 2.33. The maximum Gasteiger partial charge on any atom is 0.416 e. The molecule has 0 unspecified atom stereocenters. The third-order valence-corrected chi connectivity index (χ3v) is 4.31. The van der Waals surface area contributed by atoms with Gasteiger partial charge in [0.05, 0.1) is 11.8 Å². The van der Waals surface area contributed by atoms with Gasteiger partial charge in [-0.05, 0) is 36.6 Å². The third kappa shape index (κ3) is 3.22. The molecule has 26 heavy (non-hydrogen) atoms. The van der Waals surface area contributed by atoms with Crippen molar-refractivity contribution in [3.8, 4) is 11.3 Å². The summed E-state index contributed by atoms with van der Waals surface area (Å²) in [5, 5.41) is 3.15. The minimum atomic E-state index is -4.35. The molecule has 1 N–H and O–H groups in total. The van der Waals surface area contributed by atoms with Crippen molar-refractivity contribution in [2.45, 2.75) is 19.0 Å². The van der Waals surface area contributed by atoms with Gasteiger partial charge in [0.25, 0.3) is 6.01 Å². The molecule has 0 radical (unpaired) electrons. The van der Waals surface area contributed by atoms with E-state index >= 15 is 0 Å². The van der Waals surface area contributed by atoms with Gasteiger partial charge in [-0.25, -0.2) is 4.98 Å². The number of halogens is 3. The molecule has 0 atom stereocenters. The number of aryl methyl sites for hydroxylation is 1. The number of aromatic nitrogens is 1. The monoisotopic (exact) mass is 356 g/mol. The van der Waals surface area contributed by atoms with E-state index in [1.165, 1.54) is 23.9 Å². The maximum absolute atomic E-state index is 12.7. The van der Waals surface area contributed by atoms with Crippen LogP contribution in [0.5, 0.6) is 0 Å². The second-order valence-corrected chi connectivity index (χ2v) is 6.05. The smallest absolute Gasteiger partial charge is 0.416 e. The van der Waals surface area contributed by atoms with Gasteiger partial charge in [0.2, 0.25) is 0 Å². The van der Waals surface area contributed by atoms with Crippen LogP contribution in [0.3, 0.4) is 0 Å². The topological polar surface area (TPSA) is 38.1 Å². The van der Waals surface area contributed by atoms with Gasteiger partial charge >= 0.3 is 6.18 Å². The lowest BCUT2D eigenvalue weighted by molar-refractivity contribution is -0.137. The van der Waals surface area contributed by atoms with E-state index < -0.39 is 11.7 Å². The second-order valence-electron chi connectivity index (χ2n) is 6.05. The first kappa shape index (κ1) is 16.4. The van der Waals surface area contributed by atoms with E-state index in [-0.39, 0.29) is 0 Å². The Bertz CT molecular complexity index is 956. The van der Waals surface area contributed by atoms with Crippen LogP contribution in [-0.2, 0) is 12.6 Å². The Hall–Kier alpha value is -3.02. The Balaban J connectivity index is 1.57. The zero-order chi connectivity index (χ0) is 18.1. The van der Waals surface area contributed by atoms with E-state index in [0.29, 0.717) is 17.3 Å². The summed E-state index contributed by atoms with van der Waals surface area (Å²) in [7, 11) is 0. The summed E-state index contributed by atoms with van der Waals surface area (Å²) in [6.45, 7) is 0. The zero-order valence-electron chi connectivity index (χ0n) is 13.7. The molecular weight excluding hydrogens is 341 g/mol. The first-order valence-electron chi connectivity index (χ1n) is 8.19. The van der Waals surface area contributed by atoms with Crippen molar-refractivity contribution in [1.82, 2.24) is 4.98 Å².